The number of hydrogen-bond acceptors (Lipinski definition) is 9. The van der Waals surface area contributed by atoms with Crippen molar-refractivity contribution in [3.05, 3.63) is 76.6 Å². The molecule has 14 heteroatoms. The van der Waals surface area contributed by atoms with Gasteiger partial charge in [0.05, 0.1) is 24.0 Å². The molecule has 0 aliphatic carbocycles. The zero-order valence-corrected chi connectivity index (χ0v) is 18.5. The predicted molar refractivity (Wildman–Crippen MR) is 121 cm³/mol. The number of alkyl halides is 3. The monoisotopic (exact) mass is 497 g/mol. The number of rotatable bonds is 6. The van der Waals surface area contributed by atoms with Gasteiger partial charge >= 0.3 is 6.18 Å². The molecule has 11 nitrogen and oxygen atoms in total. The third-order valence-electron chi connectivity index (χ3n) is 5.59. The maximum Gasteiger partial charge on any atom is 0.416 e. The first-order valence-electron chi connectivity index (χ1n) is 10.7. The van der Waals surface area contributed by atoms with E-state index in [0.29, 0.717) is 12.2 Å². The van der Waals surface area contributed by atoms with Gasteiger partial charge in [0.1, 0.15) is 0 Å². The Kier molecular flexibility index (Phi) is 5.83. The number of nitrogen functional groups attached to an aromatic ring is 1. The second kappa shape index (κ2) is 9.13. The van der Waals surface area contributed by atoms with Crippen LogP contribution in [-0.4, -0.2) is 44.0 Å². The first-order valence-corrected chi connectivity index (χ1v) is 10.7. The number of nitrogens with zero attached hydrogens (tertiary/aromatic N) is 7. The fourth-order valence-electron chi connectivity index (χ4n) is 3.89. The summed E-state index contributed by atoms with van der Waals surface area (Å²) in [4.78, 5) is 15.0. The highest BCUT2D eigenvalue weighted by atomic mass is 19.4. The largest absolute Gasteiger partial charge is 0.416 e. The van der Waals surface area contributed by atoms with E-state index in [-0.39, 0.29) is 29.4 Å². The Balaban J connectivity index is 1.41. The molecular formula is C22H18F3N9O2. The number of amides is 1. The quantitative estimate of drug-likeness (QED) is 0.306. The van der Waals surface area contributed by atoms with Gasteiger partial charge in [0.2, 0.25) is 11.6 Å². The van der Waals surface area contributed by atoms with Crippen molar-refractivity contribution in [1.29, 1.82) is 0 Å². The smallest absolute Gasteiger partial charge is 0.378 e. The molecule has 36 heavy (non-hydrogen) atoms. The van der Waals surface area contributed by atoms with Crippen LogP contribution in [0.3, 0.4) is 0 Å². The van der Waals surface area contributed by atoms with E-state index < -0.39 is 17.6 Å². The van der Waals surface area contributed by atoms with Crippen LogP contribution in [0.1, 0.15) is 32.9 Å². The summed E-state index contributed by atoms with van der Waals surface area (Å²) < 4.78 is 44.7. The van der Waals surface area contributed by atoms with Crippen LogP contribution in [0.25, 0.3) is 5.82 Å². The topological polar surface area (TPSA) is 140 Å². The van der Waals surface area contributed by atoms with E-state index in [4.69, 9.17) is 5.73 Å². The molecule has 0 saturated heterocycles. The van der Waals surface area contributed by atoms with Gasteiger partial charge in [-0.2, -0.15) is 23.0 Å². The molecule has 3 N–H and O–H groups in total. The van der Waals surface area contributed by atoms with E-state index in [1.165, 1.54) is 16.8 Å². The molecule has 0 radical (unpaired) electrons. The molecule has 0 bridgehead atoms. The van der Waals surface area contributed by atoms with Crippen LogP contribution in [0.5, 0.6) is 0 Å². The summed E-state index contributed by atoms with van der Waals surface area (Å²) in [7, 11) is 0. The molecule has 1 amide bonds. The summed E-state index contributed by atoms with van der Waals surface area (Å²) in [6, 6.07) is 12.4. The number of carbonyl (C=O) groups is 1. The Bertz CT molecular complexity index is 1440. The van der Waals surface area contributed by atoms with Crippen LogP contribution in [0.15, 0.2) is 58.3 Å². The minimum Gasteiger partial charge on any atom is -0.378 e. The molecule has 2 aromatic carbocycles. The van der Waals surface area contributed by atoms with Crippen LogP contribution < -0.4 is 16.1 Å². The molecule has 0 spiro atoms. The number of carbonyl (C=O) groups excluding carboxylic acids is 1. The third-order valence-corrected chi connectivity index (χ3v) is 5.59. The van der Waals surface area contributed by atoms with Gasteiger partial charge in [-0.15, -0.1) is 5.10 Å². The van der Waals surface area contributed by atoms with E-state index in [1.807, 2.05) is 24.3 Å². The zero-order valence-electron chi connectivity index (χ0n) is 18.5. The molecular weight excluding hydrogens is 479 g/mol. The van der Waals surface area contributed by atoms with E-state index in [2.05, 4.69) is 40.7 Å². The maximum atomic E-state index is 12.9. The molecule has 2 aromatic heterocycles. The molecule has 3 heterocycles. The van der Waals surface area contributed by atoms with Gasteiger partial charge in [-0.1, -0.05) is 35.5 Å². The van der Waals surface area contributed by atoms with E-state index >= 15 is 0 Å². The number of halogens is 3. The number of nitrogens with two attached hydrogens (primary N) is 1. The molecule has 0 fully saturated rings. The SMILES string of the molecule is Nc1nonc1-n1nnc(C(=O)N/N=C\c2cccc(C(F)(F)F)c2)c1CN1CCc2ccccc21. The molecule has 0 saturated carbocycles. The van der Waals surface area contributed by atoms with Crippen LogP contribution in [0.2, 0.25) is 0 Å². The predicted octanol–water partition coefficient (Wildman–Crippen LogP) is 2.58. The summed E-state index contributed by atoms with van der Waals surface area (Å²) in [5.41, 5.74) is 9.89. The maximum absolute atomic E-state index is 12.9. The molecule has 0 unspecified atom stereocenters. The van der Waals surface area contributed by atoms with Crippen LogP contribution >= 0.6 is 0 Å². The van der Waals surface area contributed by atoms with Crippen LogP contribution in [0, 0.1) is 0 Å². The van der Waals surface area contributed by atoms with Crippen molar-refractivity contribution >= 4 is 23.6 Å². The number of para-hydroxylation sites is 1. The average Bonchev–Trinajstić information content (AvgIpc) is 3.58. The summed E-state index contributed by atoms with van der Waals surface area (Å²) in [6.07, 6.45) is -2.56. The fraction of sp³-hybridized carbons (Fsp3) is 0.182. The van der Waals surface area contributed by atoms with Gasteiger partial charge in [-0.25, -0.2) is 10.1 Å². The lowest BCUT2D eigenvalue weighted by Crippen LogP contribution is -2.26. The van der Waals surface area contributed by atoms with Crippen molar-refractivity contribution in [2.75, 3.05) is 17.2 Å². The lowest BCUT2D eigenvalue weighted by Gasteiger charge is -2.19. The number of fused-ring (bicyclic) bond motifs is 1. The summed E-state index contributed by atoms with van der Waals surface area (Å²) >= 11 is 0. The van der Waals surface area contributed by atoms with Gasteiger partial charge in [-0.05, 0) is 46.1 Å². The molecule has 5 rings (SSSR count). The Labute approximate surface area is 201 Å². The Hall–Kier alpha value is -4.75. The number of aromatic nitrogens is 5. The highest BCUT2D eigenvalue weighted by Gasteiger charge is 2.30. The van der Waals surface area contributed by atoms with Gasteiger partial charge in [-0.3, -0.25) is 4.79 Å². The van der Waals surface area contributed by atoms with Crippen molar-refractivity contribution in [2.45, 2.75) is 19.1 Å². The van der Waals surface area contributed by atoms with Crippen LogP contribution in [-0.2, 0) is 19.1 Å². The summed E-state index contributed by atoms with van der Waals surface area (Å²) in [6.45, 7) is 0.933. The normalized spacial score (nSPS) is 13.4. The van der Waals surface area contributed by atoms with Gasteiger partial charge < -0.3 is 10.6 Å². The molecule has 0 atom stereocenters. The molecule has 1 aliphatic heterocycles. The fourth-order valence-corrected chi connectivity index (χ4v) is 3.89. The van der Waals surface area contributed by atoms with Crippen LogP contribution in [0.4, 0.5) is 24.7 Å². The number of hydrazone groups is 1. The number of anilines is 2. The lowest BCUT2D eigenvalue weighted by molar-refractivity contribution is -0.137. The van der Waals surface area contributed by atoms with Crippen molar-refractivity contribution in [3.8, 4) is 5.82 Å². The van der Waals surface area contributed by atoms with E-state index in [0.717, 1.165) is 36.0 Å². The Morgan fingerprint density at radius 2 is 2.03 bits per heavy atom. The second-order valence-electron chi connectivity index (χ2n) is 7.89. The van der Waals surface area contributed by atoms with Crippen molar-refractivity contribution in [2.24, 2.45) is 5.10 Å². The Morgan fingerprint density at radius 1 is 1.19 bits per heavy atom. The van der Waals surface area contributed by atoms with Crippen molar-refractivity contribution in [3.63, 3.8) is 0 Å². The van der Waals surface area contributed by atoms with Gasteiger partial charge in [0.15, 0.2) is 5.69 Å². The van der Waals surface area contributed by atoms with Crippen molar-refractivity contribution < 1.29 is 22.6 Å². The second-order valence-corrected chi connectivity index (χ2v) is 7.89. The molecule has 4 aromatic rings. The standard InChI is InChI=1S/C22H18F3N9O2/c23-22(24,25)15-6-3-4-13(10-15)11-27-29-21(35)18-17(34(32-28-18)20-19(26)30-36-31-20)12-33-9-8-14-5-1-2-7-16(14)33/h1-7,10-11H,8-9,12H2,(H2,26,30)(H,29,35)/b27-11-. The average molecular weight is 497 g/mol. The number of benzene rings is 2. The highest BCUT2D eigenvalue weighted by Crippen LogP contribution is 2.30. The Morgan fingerprint density at radius 3 is 2.81 bits per heavy atom. The zero-order chi connectivity index (χ0) is 25.3. The van der Waals surface area contributed by atoms with E-state index in [9.17, 15) is 18.0 Å². The first-order chi connectivity index (χ1) is 17.3. The molecule has 184 valence electrons. The lowest BCUT2D eigenvalue weighted by atomic mass is 10.1. The third kappa shape index (κ3) is 4.47. The first kappa shape index (κ1) is 23.0. The number of hydrogen-bond donors (Lipinski definition) is 2. The minimum atomic E-state index is -4.49. The molecule has 1 aliphatic rings. The van der Waals surface area contributed by atoms with E-state index in [1.54, 1.807) is 0 Å². The van der Waals surface area contributed by atoms with Crippen molar-refractivity contribution in [1.82, 2.24) is 30.7 Å². The minimum absolute atomic E-state index is 0.0440. The highest BCUT2D eigenvalue weighted by molar-refractivity contribution is 5.94. The number of nitrogens with one attached hydrogen (secondary N) is 1. The summed E-state index contributed by atoms with van der Waals surface area (Å²) in [5, 5.41) is 19.1. The van der Waals surface area contributed by atoms with Gasteiger partial charge in [0, 0.05) is 12.2 Å². The summed E-state index contributed by atoms with van der Waals surface area (Å²) in [5.74, 6) is -0.698. The van der Waals surface area contributed by atoms with Gasteiger partial charge in [0.25, 0.3) is 5.91 Å².